The number of fused-ring (bicyclic) bond motifs is 1. The van der Waals surface area contributed by atoms with Crippen molar-refractivity contribution in [3.05, 3.63) is 58.0 Å². The lowest BCUT2D eigenvalue weighted by molar-refractivity contribution is -0.127. The number of nitrogens with zero attached hydrogens (tertiary/aromatic N) is 3. The topological polar surface area (TPSA) is 111 Å². The molecule has 0 aliphatic heterocycles. The van der Waals surface area contributed by atoms with Gasteiger partial charge in [-0.25, -0.2) is 0 Å². The van der Waals surface area contributed by atoms with Crippen molar-refractivity contribution < 1.29 is 4.79 Å². The number of hydrogen-bond donors (Lipinski definition) is 3. The fraction of sp³-hybridized carbons (Fsp3) is 0.429. The first-order valence-corrected chi connectivity index (χ1v) is 12.7. The summed E-state index contributed by atoms with van der Waals surface area (Å²) in [7, 11) is 1.95. The van der Waals surface area contributed by atoms with Crippen molar-refractivity contribution in [2.24, 2.45) is 18.8 Å². The van der Waals surface area contributed by atoms with Gasteiger partial charge in [-0.05, 0) is 48.6 Å². The van der Waals surface area contributed by atoms with E-state index in [0.29, 0.717) is 42.2 Å². The van der Waals surface area contributed by atoms with Crippen LogP contribution in [0.3, 0.4) is 0 Å². The molecule has 0 radical (unpaired) electrons. The van der Waals surface area contributed by atoms with Crippen LogP contribution in [0.15, 0.2) is 46.9 Å². The number of amides is 1. The van der Waals surface area contributed by atoms with Crippen molar-refractivity contribution in [1.82, 2.24) is 19.5 Å². The molecule has 2 heterocycles. The molecule has 0 unspecified atom stereocenters. The molecule has 0 aliphatic rings. The molecule has 0 saturated carbocycles. The van der Waals surface area contributed by atoms with Crippen LogP contribution in [0.25, 0.3) is 28.2 Å². The Bertz CT molecular complexity index is 1300. The average molecular weight is 493 g/mol. The zero-order valence-corrected chi connectivity index (χ0v) is 22.2. The maximum Gasteiger partial charge on any atom is 0.260 e. The molecule has 8 nitrogen and oxygen atoms in total. The molecule has 3 aromatic rings. The third-order valence-corrected chi connectivity index (χ3v) is 6.30. The van der Waals surface area contributed by atoms with Gasteiger partial charge in [0.1, 0.15) is 0 Å². The molecule has 0 saturated heterocycles. The highest BCUT2D eigenvalue weighted by molar-refractivity contribution is 5.99. The van der Waals surface area contributed by atoms with E-state index in [9.17, 15) is 9.59 Å². The maximum atomic E-state index is 13.2. The van der Waals surface area contributed by atoms with Gasteiger partial charge in [0.25, 0.3) is 11.5 Å². The van der Waals surface area contributed by atoms with E-state index in [1.807, 2.05) is 59.1 Å². The van der Waals surface area contributed by atoms with Crippen molar-refractivity contribution in [3.63, 3.8) is 0 Å². The number of carbonyl (C=O) groups is 1. The van der Waals surface area contributed by atoms with Crippen molar-refractivity contribution in [2.45, 2.75) is 47.1 Å². The highest BCUT2D eigenvalue weighted by Crippen LogP contribution is 2.29. The van der Waals surface area contributed by atoms with Crippen LogP contribution in [0.4, 0.5) is 5.69 Å². The van der Waals surface area contributed by atoms with Gasteiger partial charge in [-0.15, -0.1) is 0 Å². The quantitative estimate of drug-likeness (QED) is 0.163. The Balaban J connectivity index is 1.99. The third-order valence-electron chi connectivity index (χ3n) is 6.30. The van der Waals surface area contributed by atoms with E-state index < -0.39 is 0 Å². The minimum Gasteiger partial charge on any atom is -0.398 e. The van der Waals surface area contributed by atoms with Gasteiger partial charge in [0.2, 0.25) is 0 Å². The number of pyridine rings is 1. The summed E-state index contributed by atoms with van der Waals surface area (Å²) in [5.74, 6) is 5.93. The molecule has 1 aromatic carbocycles. The Morgan fingerprint density at radius 3 is 2.42 bits per heavy atom. The summed E-state index contributed by atoms with van der Waals surface area (Å²) in [6.45, 7) is 10.6. The summed E-state index contributed by atoms with van der Waals surface area (Å²) in [6, 6.07) is 9.68. The normalized spacial score (nSPS) is 12.0. The summed E-state index contributed by atoms with van der Waals surface area (Å²) in [5, 5.41) is 0.687. The predicted molar refractivity (Wildman–Crippen MR) is 149 cm³/mol. The van der Waals surface area contributed by atoms with Crippen LogP contribution in [0.1, 0.15) is 46.1 Å². The molecular formula is C28H40N6O2. The fourth-order valence-corrected chi connectivity index (χ4v) is 4.60. The summed E-state index contributed by atoms with van der Waals surface area (Å²) in [4.78, 5) is 28.1. The minimum absolute atomic E-state index is 0.0109. The van der Waals surface area contributed by atoms with Crippen LogP contribution in [0.5, 0.6) is 0 Å². The summed E-state index contributed by atoms with van der Waals surface area (Å²) in [6.07, 6.45) is 5.45. The standard InChI is InChI=1S/C28H40N6O2/c1-6-11-33(12-7-2)27(35)22(17-31-30)14-20-8-9-21(15-24(20)29)26-16-23-25(32(26)5)10-13-34(28(23)36)18-19(3)4/h8-10,13-16,19,31H,6-7,11-12,17-18,29-30H2,1-5H3/b22-14+. The molecule has 0 aliphatic carbocycles. The number of hydrogen-bond acceptors (Lipinski definition) is 5. The molecule has 8 heteroatoms. The van der Waals surface area contributed by atoms with Crippen LogP contribution in [0.2, 0.25) is 0 Å². The highest BCUT2D eigenvalue weighted by atomic mass is 16.2. The monoisotopic (exact) mass is 492 g/mol. The van der Waals surface area contributed by atoms with Crippen molar-refractivity contribution in [3.8, 4) is 11.3 Å². The first kappa shape index (κ1) is 27.2. The lowest BCUT2D eigenvalue weighted by atomic mass is 10.0. The lowest BCUT2D eigenvalue weighted by Crippen LogP contribution is -2.37. The Labute approximate surface area is 213 Å². The van der Waals surface area contributed by atoms with Gasteiger partial charge < -0.3 is 19.8 Å². The zero-order valence-electron chi connectivity index (χ0n) is 22.2. The number of nitrogens with two attached hydrogens (primary N) is 2. The lowest BCUT2D eigenvalue weighted by Gasteiger charge is -2.23. The van der Waals surface area contributed by atoms with E-state index in [2.05, 4.69) is 33.1 Å². The Kier molecular flexibility index (Phi) is 9.12. The van der Waals surface area contributed by atoms with Gasteiger partial charge in [0.15, 0.2) is 0 Å². The Morgan fingerprint density at radius 1 is 1.14 bits per heavy atom. The number of nitrogens with one attached hydrogen (secondary N) is 1. The van der Waals surface area contributed by atoms with E-state index in [1.165, 1.54) is 0 Å². The number of hydrazine groups is 1. The summed E-state index contributed by atoms with van der Waals surface area (Å²) < 4.78 is 3.78. The Hall–Kier alpha value is -3.36. The maximum absolute atomic E-state index is 13.2. The Morgan fingerprint density at radius 2 is 1.83 bits per heavy atom. The van der Waals surface area contributed by atoms with Gasteiger partial charge in [0, 0.05) is 61.9 Å². The number of anilines is 1. The van der Waals surface area contributed by atoms with Gasteiger partial charge >= 0.3 is 0 Å². The summed E-state index contributed by atoms with van der Waals surface area (Å²) >= 11 is 0. The number of aryl methyl sites for hydroxylation is 1. The number of aromatic nitrogens is 2. The molecule has 5 N–H and O–H groups in total. The minimum atomic E-state index is -0.0357. The van der Waals surface area contributed by atoms with E-state index >= 15 is 0 Å². The molecule has 0 bridgehead atoms. The molecule has 0 atom stereocenters. The first-order valence-electron chi connectivity index (χ1n) is 12.7. The van der Waals surface area contributed by atoms with Crippen LogP contribution in [-0.4, -0.2) is 39.6 Å². The molecule has 0 spiro atoms. The molecule has 2 aromatic heterocycles. The molecule has 1 amide bonds. The SMILES string of the molecule is CCCN(CCC)C(=O)/C(=C/c1ccc(-c2cc3c(=O)n(CC(C)C)ccc3n2C)cc1N)CNN. The van der Waals surface area contributed by atoms with Crippen molar-refractivity contribution in [1.29, 1.82) is 0 Å². The zero-order chi connectivity index (χ0) is 26.4. The second-order valence-electron chi connectivity index (χ2n) is 9.74. The fourth-order valence-electron chi connectivity index (χ4n) is 4.60. The van der Waals surface area contributed by atoms with Crippen LogP contribution < -0.4 is 22.6 Å². The third kappa shape index (κ3) is 5.88. The smallest absolute Gasteiger partial charge is 0.260 e. The second-order valence-corrected chi connectivity index (χ2v) is 9.74. The second kappa shape index (κ2) is 12.1. The number of carbonyl (C=O) groups excluding carboxylic acids is 1. The van der Waals surface area contributed by atoms with Crippen LogP contribution in [-0.2, 0) is 18.4 Å². The molecule has 3 rings (SSSR count). The first-order chi connectivity index (χ1) is 17.2. The highest BCUT2D eigenvalue weighted by Gasteiger charge is 2.18. The molecular weight excluding hydrogens is 452 g/mol. The molecule has 194 valence electrons. The van der Waals surface area contributed by atoms with Crippen molar-refractivity contribution in [2.75, 3.05) is 25.4 Å². The summed E-state index contributed by atoms with van der Waals surface area (Å²) in [5.41, 5.74) is 13.6. The van der Waals surface area contributed by atoms with E-state index in [0.717, 1.165) is 35.2 Å². The average Bonchev–Trinajstić information content (AvgIpc) is 3.18. The number of benzene rings is 1. The van der Waals surface area contributed by atoms with Crippen molar-refractivity contribution >= 4 is 28.6 Å². The van der Waals surface area contributed by atoms with Gasteiger partial charge in [-0.1, -0.05) is 39.8 Å². The van der Waals surface area contributed by atoms with Gasteiger partial charge in [0.05, 0.1) is 10.9 Å². The van der Waals surface area contributed by atoms with E-state index in [4.69, 9.17) is 11.6 Å². The van der Waals surface area contributed by atoms with Crippen LogP contribution in [0, 0.1) is 5.92 Å². The van der Waals surface area contributed by atoms with Gasteiger partial charge in [-0.2, -0.15) is 0 Å². The number of nitrogen functional groups attached to an aromatic ring is 1. The molecule has 36 heavy (non-hydrogen) atoms. The van der Waals surface area contributed by atoms with E-state index in [1.54, 1.807) is 4.57 Å². The largest absolute Gasteiger partial charge is 0.398 e. The van der Waals surface area contributed by atoms with E-state index in [-0.39, 0.29) is 18.0 Å². The van der Waals surface area contributed by atoms with Crippen LogP contribution >= 0.6 is 0 Å². The predicted octanol–water partition coefficient (Wildman–Crippen LogP) is 3.74. The molecule has 0 fully saturated rings. The van der Waals surface area contributed by atoms with Gasteiger partial charge in [-0.3, -0.25) is 20.9 Å². The number of rotatable bonds is 11.